The molecule has 1 aromatic rings. The highest BCUT2D eigenvalue weighted by molar-refractivity contribution is 6.35. The molecule has 1 aromatic carbocycles. The Labute approximate surface area is 131 Å². The molecule has 0 aromatic heterocycles. The second-order valence-corrected chi connectivity index (χ2v) is 6.01. The number of hydrogen-bond acceptors (Lipinski definition) is 3. The van der Waals surface area contributed by atoms with Gasteiger partial charge in [0.1, 0.15) is 5.75 Å². The zero-order valence-electron chi connectivity index (χ0n) is 13.4. The molecule has 0 unspecified atom stereocenters. The van der Waals surface area contributed by atoms with Gasteiger partial charge in [0.05, 0.1) is 0 Å². The molecule has 116 valence electrons. The van der Waals surface area contributed by atoms with Gasteiger partial charge >= 0.3 is 5.97 Å². The van der Waals surface area contributed by atoms with E-state index in [9.17, 15) is 9.59 Å². The molecule has 0 N–H and O–H groups in total. The highest BCUT2D eigenvalue weighted by Crippen LogP contribution is 2.25. The first-order chi connectivity index (χ1) is 10.5. The first-order valence-corrected chi connectivity index (χ1v) is 7.61. The summed E-state index contributed by atoms with van der Waals surface area (Å²) in [5.41, 5.74) is 4.57. The first kappa shape index (κ1) is 16.2. The number of carbonyl (C=O) groups excluding carboxylic acids is 2. The summed E-state index contributed by atoms with van der Waals surface area (Å²) in [6.45, 7) is 6.35. The SMILES string of the molecule is CC(C)=CCCC(C)=CCc1ccc2c(c1)OC(=O)C(=O)C2. The molecule has 0 saturated heterocycles. The van der Waals surface area contributed by atoms with Crippen LogP contribution in [0.15, 0.2) is 41.5 Å². The zero-order valence-corrected chi connectivity index (χ0v) is 13.4. The lowest BCUT2D eigenvalue weighted by Gasteiger charge is -2.15. The van der Waals surface area contributed by atoms with Crippen LogP contribution in [0.25, 0.3) is 0 Å². The van der Waals surface area contributed by atoms with Crippen LogP contribution in [0.2, 0.25) is 0 Å². The van der Waals surface area contributed by atoms with E-state index in [1.54, 1.807) is 0 Å². The molecule has 0 spiro atoms. The number of rotatable bonds is 5. The van der Waals surface area contributed by atoms with Crippen LogP contribution in [0.5, 0.6) is 5.75 Å². The predicted octanol–water partition coefficient (Wildman–Crippen LogP) is 3.95. The molecular weight excluding hydrogens is 276 g/mol. The predicted molar refractivity (Wildman–Crippen MR) is 86.9 cm³/mol. The molecule has 0 fully saturated rings. The lowest BCUT2D eigenvalue weighted by Crippen LogP contribution is -2.27. The van der Waals surface area contributed by atoms with Crippen LogP contribution in [0, 0.1) is 0 Å². The number of carbonyl (C=O) groups is 2. The van der Waals surface area contributed by atoms with Crippen molar-refractivity contribution in [3.63, 3.8) is 0 Å². The number of esters is 1. The quantitative estimate of drug-likeness (QED) is 0.358. The third-order valence-corrected chi connectivity index (χ3v) is 3.69. The van der Waals surface area contributed by atoms with Crippen LogP contribution in [0.4, 0.5) is 0 Å². The van der Waals surface area contributed by atoms with E-state index in [1.807, 2.05) is 18.2 Å². The van der Waals surface area contributed by atoms with Gasteiger partial charge in [-0.25, -0.2) is 4.79 Å². The molecule has 3 nitrogen and oxygen atoms in total. The van der Waals surface area contributed by atoms with Gasteiger partial charge in [-0.2, -0.15) is 0 Å². The lowest BCUT2D eigenvalue weighted by atomic mass is 10.0. The number of Topliss-reactive ketones (excluding diaryl/α,β-unsaturated/α-hetero) is 1. The molecule has 3 heteroatoms. The maximum atomic E-state index is 11.3. The Kier molecular flexibility index (Phi) is 5.31. The van der Waals surface area contributed by atoms with Gasteiger partial charge in [-0.3, -0.25) is 4.79 Å². The van der Waals surface area contributed by atoms with Crippen molar-refractivity contribution >= 4 is 11.8 Å². The number of ether oxygens (including phenoxy) is 1. The molecule has 1 heterocycles. The summed E-state index contributed by atoms with van der Waals surface area (Å²) in [7, 11) is 0. The fraction of sp³-hybridized carbons (Fsp3) is 0.368. The molecule has 0 bridgehead atoms. The minimum atomic E-state index is -0.752. The molecular formula is C19H22O3. The van der Waals surface area contributed by atoms with Gasteiger partial charge in [0, 0.05) is 12.0 Å². The summed E-state index contributed by atoms with van der Waals surface area (Å²) in [5.74, 6) is -0.703. The third kappa shape index (κ3) is 4.42. The first-order valence-electron chi connectivity index (χ1n) is 7.61. The maximum absolute atomic E-state index is 11.3. The summed E-state index contributed by atoms with van der Waals surface area (Å²) < 4.78 is 5.07. The number of fused-ring (bicyclic) bond motifs is 1. The van der Waals surface area contributed by atoms with E-state index >= 15 is 0 Å². The topological polar surface area (TPSA) is 43.4 Å². The van der Waals surface area contributed by atoms with E-state index in [1.165, 1.54) is 11.1 Å². The molecule has 0 atom stereocenters. The molecule has 0 radical (unpaired) electrons. The van der Waals surface area contributed by atoms with Crippen molar-refractivity contribution in [2.45, 2.75) is 46.5 Å². The minimum absolute atomic E-state index is 0.145. The van der Waals surface area contributed by atoms with Crippen LogP contribution >= 0.6 is 0 Å². The van der Waals surface area contributed by atoms with Crippen molar-refractivity contribution in [3.05, 3.63) is 52.6 Å². The van der Waals surface area contributed by atoms with Gasteiger partial charge in [-0.05, 0) is 51.7 Å². The fourth-order valence-corrected chi connectivity index (χ4v) is 2.35. The van der Waals surface area contributed by atoms with Crippen molar-refractivity contribution in [3.8, 4) is 5.75 Å². The van der Waals surface area contributed by atoms with Crippen molar-refractivity contribution in [2.75, 3.05) is 0 Å². The van der Waals surface area contributed by atoms with Gasteiger partial charge in [-0.1, -0.05) is 35.4 Å². The van der Waals surface area contributed by atoms with Crippen LogP contribution in [0.1, 0.15) is 44.7 Å². The van der Waals surface area contributed by atoms with E-state index in [-0.39, 0.29) is 6.42 Å². The monoisotopic (exact) mass is 298 g/mol. The smallest absolute Gasteiger partial charge is 0.380 e. The molecule has 1 aliphatic rings. The van der Waals surface area contributed by atoms with E-state index in [0.29, 0.717) is 5.75 Å². The summed E-state index contributed by atoms with van der Waals surface area (Å²) in [6.07, 6.45) is 7.52. The van der Waals surface area contributed by atoms with Gasteiger partial charge in [0.2, 0.25) is 5.78 Å². The molecule has 2 rings (SSSR count). The summed E-state index contributed by atoms with van der Waals surface area (Å²) in [6, 6.07) is 5.73. The highest BCUT2D eigenvalue weighted by atomic mass is 16.5. The van der Waals surface area contributed by atoms with E-state index in [2.05, 4.69) is 32.9 Å². The van der Waals surface area contributed by atoms with Gasteiger partial charge in [0.15, 0.2) is 0 Å². The Balaban J connectivity index is 1.99. The van der Waals surface area contributed by atoms with Crippen molar-refractivity contribution in [1.29, 1.82) is 0 Å². The largest absolute Gasteiger partial charge is 0.420 e. The van der Waals surface area contributed by atoms with Crippen molar-refractivity contribution in [1.82, 2.24) is 0 Å². The van der Waals surface area contributed by atoms with Crippen LogP contribution < -0.4 is 4.74 Å². The Morgan fingerprint density at radius 3 is 2.68 bits per heavy atom. The van der Waals surface area contributed by atoms with Crippen molar-refractivity contribution < 1.29 is 14.3 Å². The lowest BCUT2D eigenvalue weighted by molar-refractivity contribution is -0.147. The number of hydrogen-bond donors (Lipinski definition) is 0. The zero-order chi connectivity index (χ0) is 16.1. The van der Waals surface area contributed by atoms with Crippen LogP contribution in [0.3, 0.4) is 0 Å². The second-order valence-electron chi connectivity index (χ2n) is 6.01. The number of ketones is 1. The normalized spacial score (nSPS) is 14.4. The third-order valence-electron chi connectivity index (χ3n) is 3.69. The average molecular weight is 298 g/mol. The second kappa shape index (κ2) is 7.21. The summed E-state index contributed by atoms with van der Waals surface area (Å²) >= 11 is 0. The molecule has 0 saturated carbocycles. The van der Waals surface area contributed by atoms with Crippen LogP contribution in [-0.2, 0) is 22.4 Å². The fourth-order valence-electron chi connectivity index (χ4n) is 2.35. The molecule has 1 aliphatic heterocycles. The van der Waals surface area contributed by atoms with Crippen LogP contribution in [-0.4, -0.2) is 11.8 Å². The Bertz CT molecular complexity index is 647. The number of benzene rings is 1. The highest BCUT2D eigenvalue weighted by Gasteiger charge is 2.25. The maximum Gasteiger partial charge on any atom is 0.380 e. The molecule has 22 heavy (non-hydrogen) atoms. The summed E-state index contributed by atoms with van der Waals surface area (Å²) in [4.78, 5) is 22.6. The average Bonchev–Trinajstić information content (AvgIpc) is 2.46. The van der Waals surface area contributed by atoms with E-state index in [0.717, 1.165) is 30.4 Å². The summed E-state index contributed by atoms with van der Waals surface area (Å²) in [5, 5.41) is 0. The number of allylic oxidation sites excluding steroid dienone is 4. The van der Waals surface area contributed by atoms with E-state index < -0.39 is 11.8 Å². The molecule has 0 amide bonds. The van der Waals surface area contributed by atoms with E-state index in [4.69, 9.17) is 4.74 Å². The molecule has 0 aliphatic carbocycles. The van der Waals surface area contributed by atoms with Gasteiger partial charge in [0.25, 0.3) is 0 Å². The Hall–Kier alpha value is -2.16. The Morgan fingerprint density at radius 1 is 1.18 bits per heavy atom. The Morgan fingerprint density at radius 2 is 1.95 bits per heavy atom. The van der Waals surface area contributed by atoms with Crippen molar-refractivity contribution in [2.24, 2.45) is 0 Å². The minimum Gasteiger partial charge on any atom is -0.420 e. The van der Waals surface area contributed by atoms with Gasteiger partial charge < -0.3 is 4.74 Å². The standard InChI is InChI=1S/C19H22O3/c1-13(2)5-4-6-14(3)7-8-15-9-10-16-12-17(20)19(21)22-18(16)11-15/h5,7,9-11H,4,6,8,12H2,1-3H3. The van der Waals surface area contributed by atoms with Gasteiger partial charge in [-0.15, -0.1) is 0 Å².